The van der Waals surface area contributed by atoms with E-state index in [2.05, 4.69) is 20.6 Å². The number of halogens is 1. The minimum Gasteiger partial charge on any atom is -0.545 e. The van der Waals surface area contributed by atoms with Gasteiger partial charge in [-0.25, -0.2) is 4.98 Å². The molecule has 3 aromatic rings. The summed E-state index contributed by atoms with van der Waals surface area (Å²) in [4.78, 5) is 19.8. The number of nitrogens with one attached hydrogen (secondary N) is 2. The molecule has 0 aliphatic rings. The number of ether oxygens (including phenoxy) is 1. The second-order valence-corrected chi connectivity index (χ2v) is 6.21. The number of carbonyl (C=O) groups is 1. The summed E-state index contributed by atoms with van der Waals surface area (Å²) in [6.45, 7) is 2.41. The average Bonchev–Trinajstić information content (AvgIpc) is 2.69. The molecule has 29 heavy (non-hydrogen) atoms. The smallest absolute Gasteiger partial charge is 0.545 e. The van der Waals surface area contributed by atoms with Gasteiger partial charge in [0.2, 0.25) is 5.95 Å². The molecule has 0 saturated heterocycles. The van der Waals surface area contributed by atoms with Gasteiger partial charge in [-0.1, -0.05) is 23.7 Å². The maximum Gasteiger partial charge on any atom is 1.00 e. The Bertz CT molecular complexity index is 1000. The third-order valence-electron chi connectivity index (χ3n) is 3.86. The Balaban J connectivity index is 0.00000300. The van der Waals surface area contributed by atoms with Crippen molar-refractivity contribution < 1.29 is 44.2 Å². The van der Waals surface area contributed by atoms with Crippen LogP contribution in [0.4, 0.5) is 17.5 Å². The second kappa shape index (κ2) is 10.5. The number of aromatic carboxylic acids is 1. The summed E-state index contributed by atoms with van der Waals surface area (Å²) in [7, 11) is 1.72. The van der Waals surface area contributed by atoms with Gasteiger partial charge in [0.15, 0.2) is 0 Å². The van der Waals surface area contributed by atoms with Crippen molar-refractivity contribution in [2.75, 3.05) is 24.3 Å². The van der Waals surface area contributed by atoms with Crippen LogP contribution in [0.15, 0.2) is 48.5 Å². The summed E-state index contributed by atoms with van der Waals surface area (Å²) in [5.41, 5.74) is 2.14. The predicted molar refractivity (Wildman–Crippen MR) is 107 cm³/mol. The van der Waals surface area contributed by atoms with Gasteiger partial charge < -0.3 is 25.3 Å². The molecule has 0 spiro atoms. The van der Waals surface area contributed by atoms with Gasteiger partial charge in [-0.2, -0.15) is 4.98 Å². The van der Waals surface area contributed by atoms with Crippen LogP contribution in [-0.4, -0.2) is 29.6 Å². The molecule has 0 atom stereocenters. The van der Waals surface area contributed by atoms with Crippen molar-refractivity contribution in [3.63, 3.8) is 0 Å². The first-order chi connectivity index (χ1) is 13.5. The molecule has 0 amide bonds. The number of carbonyl (C=O) groups excluding carboxylic acids is 1. The molecule has 7 nitrogen and oxygen atoms in total. The summed E-state index contributed by atoms with van der Waals surface area (Å²) >= 11 is 6.17. The monoisotopic (exact) mass is 420 g/mol. The molecule has 1 heterocycles. The van der Waals surface area contributed by atoms with Crippen LogP contribution in [0.3, 0.4) is 0 Å². The van der Waals surface area contributed by atoms with E-state index in [9.17, 15) is 9.90 Å². The number of benzene rings is 2. The van der Waals surface area contributed by atoms with Crippen LogP contribution in [0.2, 0.25) is 5.02 Å². The fourth-order valence-corrected chi connectivity index (χ4v) is 2.75. The molecule has 0 aliphatic heterocycles. The zero-order valence-electron chi connectivity index (χ0n) is 16.3. The van der Waals surface area contributed by atoms with Crippen LogP contribution in [0.25, 0.3) is 11.3 Å². The Morgan fingerprint density at radius 1 is 1.14 bits per heavy atom. The molecule has 0 radical (unpaired) electrons. The zero-order valence-corrected chi connectivity index (χ0v) is 19.1. The Morgan fingerprint density at radius 3 is 2.48 bits per heavy atom. The number of aromatic nitrogens is 2. The molecule has 0 saturated carbocycles. The molecular formula is C20H18ClN4NaO3. The van der Waals surface area contributed by atoms with Crippen molar-refractivity contribution in [1.82, 2.24) is 9.97 Å². The summed E-state index contributed by atoms with van der Waals surface area (Å²) in [6, 6.07) is 13.3. The summed E-state index contributed by atoms with van der Waals surface area (Å²) < 4.78 is 5.69. The largest absolute Gasteiger partial charge is 1.00 e. The van der Waals surface area contributed by atoms with E-state index in [1.165, 1.54) is 12.1 Å². The van der Waals surface area contributed by atoms with E-state index < -0.39 is 5.97 Å². The van der Waals surface area contributed by atoms with Gasteiger partial charge in [-0.15, -0.1) is 0 Å². The van der Waals surface area contributed by atoms with E-state index >= 15 is 0 Å². The van der Waals surface area contributed by atoms with E-state index in [0.717, 1.165) is 5.56 Å². The quantitative estimate of drug-likeness (QED) is 0.532. The topological polar surface area (TPSA) is 99.2 Å². The minimum absolute atomic E-state index is 0. The molecule has 0 fully saturated rings. The number of rotatable bonds is 7. The molecule has 9 heteroatoms. The van der Waals surface area contributed by atoms with Crippen LogP contribution < -0.4 is 50.0 Å². The standard InChI is InChI=1S/C20H19ClN4O3.Na/c1-3-28-17-9-6-13(21)10-15(17)16-11-18(25-20(22-2)24-16)23-14-7-4-12(5-8-14)19(26)27;/h4-11H,3H2,1-2H3,(H,26,27)(H2,22,23,24,25);/q;+1/p-1. The molecule has 2 aromatic carbocycles. The van der Waals surface area contributed by atoms with E-state index in [-0.39, 0.29) is 35.1 Å². The van der Waals surface area contributed by atoms with E-state index in [4.69, 9.17) is 16.3 Å². The average molecular weight is 421 g/mol. The fourth-order valence-electron chi connectivity index (χ4n) is 2.58. The van der Waals surface area contributed by atoms with Gasteiger partial charge in [0, 0.05) is 29.4 Å². The van der Waals surface area contributed by atoms with Crippen LogP contribution >= 0.6 is 11.6 Å². The third-order valence-corrected chi connectivity index (χ3v) is 4.10. The minimum atomic E-state index is -1.22. The number of hydrogen-bond acceptors (Lipinski definition) is 7. The maximum atomic E-state index is 10.9. The fraction of sp³-hybridized carbons (Fsp3) is 0.150. The van der Waals surface area contributed by atoms with Gasteiger partial charge in [0.25, 0.3) is 0 Å². The van der Waals surface area contributed by atoms with E-state index in [1.807, 2.05) is 6.92 Å². The van der Waals surface area contributed by atoms with Crippen molar-refractivity contribution >= 4 is 35.0 Å². The Morgan fingerprint density at radius 2 is 1.86 bits per heavy atom. The Labute approximate surface area is 195 Å². The van der Waals surface area contributed by atoms with Crippen molar-refractivity contribution in [2.45, 2.75) is 6.92 Å². The molecule has 0 aliphatic carbocycles. The Kier molecular flexibility index (Phi) is 8.28. The number of anilines is 3. The second-order valence-electron chi connectivity index (χ2n) is 5.78. The van der Waals surface area contributed by atoms with E-state index in [1.54, 1.807) is 43.4 Å². The van der Waals surface area contributed by atoms with Crippen LogP contribution in [0, 0.1) is 0 Å². The summed E-state index contributed by atoms with van der Waals surface area (Å²) in [5.74, 6) is 0.376. The molecule has 0 bridgehead atoms. The van der Waals surface area contributed by atoms with Crippen LogP contribution in [0.5, 0.6) is 5.75 Å². The predicted octanol–water partition coefficient (Wildman–Crippen LogP) is 0.348. The van der Waals surface area contributed by atoms with Gasteiger partial charge >= 0.3 is 29.6 Å². The molecular weight excluding hydrogens is 403 g/mol. The van der Waals surface area contributed by atoms with Crippen molar-refractivity contribution in [3.8, 4) is 17.0 Å². The maximum absolute atomic E-state index is 10.9. The molecule has 3 rings (SSSR count). The summed E-state index contributed by atoms with van der Waals surface area (Å²) in [5, 5.41) is 17.5. The number of nitrogens with zero attached hydrogens (tertiary/aromatic N) is 2. The first kappa shape index (κ1) is 23.0. The normalized spacial score (nSPS) is 10.0. The Hall–Kier alpha value is -2.32. The number of carboxylic acid groups (broad SMARTS) is 1. The summed E-state index contributed by atoms with van der Waals surface area (Å²) in [6.07, 6.45) is 0. The van der Waals surface area contributed by atoms with Gasteiger partial charge in [0.1, 0.15) is 11.6 Å². The molecule has 2 N–H and O–H groups in total. The van der Waals surface area contributed by atoms with Crippen LogP contribution in [-0.2, 0) is 0 Å². The number of carboxylic acids is 1. The first-order valence-corrected chi connectivity index (χ1v) is 8.96. The molecule has 144 valence electrons. The van der Waals surface area contributed by atoms with Gasteiger partial charge in [-0.3, -0.25) is 0 Å². The van der Waals surface area contributed by atoms with Crippen molar-refractivity contribution in [3.05, 3.63) is 59.1 Å². The SMILES string of the molecule is CCOc1ccc(Cl)cc1-c1cc(Nc2ccc(C(=O)[O-])cc2)nc(NC)n1.[Na+]. The van der Waals surface area contributed by atoms with Crippen LogP contribution in [0.1, 0.15) is 17.3 Å². The number of hydrogen-bond donors (Lipinski definition) is 2. The first-order valence-electron chi connectivity index (χ1n) is 8.58. The molecule has 1 aromatic heterocycles. The van der Waals surface area contributed by atoms with Crippen molar-refractivity contribution in [2.24, 2.45) is 0 Å². The van der Waals surface area contributed by atoms with Gasteiger partial charge in [-0.05, 0) is 42.8 Å². The van der Waals surface area contributed by atoms with E-state index in [0.29, 0.717) is 40.5 Å². The van der Waals surface area contributed by atoms with Gasteiger partial charge in [0.05, 0.1) is 18.3 Å². The molecule has 0 unspecified atom stereocenters. The zero-order chi connectivity index (χ0) is 20.1. The third kappa shape index (κ3) is 5.83. The van der Waals surface area contributed by atoms with Crippen molar-refractivity contribution in [1.29, 1.82) is 0 Å².